The van der Waals surface area contributed by atoms with Gasteiger partial charge in [-0.15, -0.1) is 0 Å². The summed E-state index contributed by atoms with van der Waals surface area (Å²) in [4.78, 5) is 0. The van der Waals surface area contributed by atoms with Crippen LogP contribution in [0.5, 0.6) is 0 Å². The zero-order chi connectivity index (χ0) is 19.6. The topological polar surface area (TPSA) is 27.7 Å². The summed E-state index contributed by atoms with van der Waals surface area (Å²) in [7, 11) is 0. The molecule has 0 aromatic heterocycles. The van der Waals surface area contributed by atoms with E-state index in [4.69, 9.17) is 14.2 Å². The zero-order valence-electron chi connectivity index (χ0n) is 18.7. The van der Waals surface area contributed by atoms with Gasteiger partial charge in [0, 0.05) is 10.8 Å². The van der Waals surface area contributed by atoms with E-state index in [0.717, 1.165) is 26.4 Å². The minimum Gasteiger partial charge on any atom is -0.380 e. The zero-order valence-corrected chi connectivity index (χ0v) is 18.7. The van der Waals surface area contributed by atoms with Crippen LogP contribution in [0.15, 0.2) is 0 Å². The van der Waals surface area contributed by atoms with Gasteiger partial charge >= 0.3 is 0 Å². The molecule has 0 N–H and O–H groups in total. The number of hydrogen-bond acceptors (Lipinski definition) is 3. The van der Waals surface area contributed by atoms with Crippen molar-refractivity contribution in [3.8, 4) is 0 Å². The lowest BCUT2D eigenvalue weighted by atomic mass is 9.73. The first-order valence-electron chi connectivity index (χ1n) is 12.0. The third-order valence-electron chi connectivity index (χ3n) is 7.30. The standard InChI is InChI=1S/C24H46O3/c1-5-9-11-13-15-21(23(7-3)17-25-18-23)27-22(16-14-12-10-6-2)24(8-4)19-26-20-24/h21-22H,5-20H2,1-4H3. The highest BCUT2D eigenvalue weighted by Crippen LogP contribution is 2.45. The molecule has 0 amide bonds. The van der Waals surface area contributed by atoms with E-state index < -0.39 is 0 Å². The van der Waals surface area contributed by atoms with Gasteiger partial charge in [-0.2, -0.15) is 0 Å². The van der Waals surface area contributed by atoms with E-state index in [0.29, 0.717) is 12.2 Å². The van der Waals surface area contributed by atoms with Gasteiger partial charge in [0.15, 0.2) is 0 Å². The Bertz CT molecular complexity index is 340. The lowest BCUT2D eigenvalue weighted by Gasteiger charge is -2.52. The first kappa shape index (κ1) is 23.2. The Morgan fingerprint density at radius 1 is 0.630 bits per heavy atom. The SMILES string of the molecule is CCCCCCC(OC(CCCCCC)C1(CC)COC1)C1(CC)COC1. The maximum atomic E-state index is 7.05. The molecular weight excluding hydrogens is 336 g/mol. The highest BCUT2D eigenvalue weighted by atomic mass is 16.5. The summed E-state index contributed by atoms with van der Waals surface area (Å²) in [6, 6.07) is 0. The molecule has 2 aliphatic rings. The molecule has 160 valence electrons. The Morgan fingerprint density at radius 2 is 1.04 bits per heavy atom. The summed E-state index contributed by atoms with van der Waals surface area (Å²) >= 11 is 0. The molecule has 0 aromatic carbocycles. The van der Waals surface area contributed by atoms with E-state index in [1.165, 1.54) is 77.0 Å². The lowest BCUT2D eigenvalue weighted by molar-refractivity contribution is -0.252. The number of rotatable bonds is 16. The molecule has 27 heavy (non-hydrogen) atoms. The van der Waals surface area contributed by atoms with E-state index in [2.05, 4.69) is 27.7 Å². The molecule has 2 saturated heterocycles. The number of ether oxygens (including phenoxy) is 3. The molecule has 2 unspecified atom stereocenters. The van der Waals surface area contributed by atoms with E-state index >= 15 is 0 Å². The molecule has 0 radical (unpaired) electrons. The largest absolute Gasteiger partial charge is 0.380 e. The van der Waals surface area contributed by atoms with Crippen molar-refractivity contribution < 1.29 is 14.2 Å². The molecule has 0 bridgehead atoms. The molecule has 2 aliphatic heterocycles. The lowest BCUT2D eigenvalue weighted by Crippen LogP contribution is -2.57. The minimum absolute atomic E-state index is 0.257. The van der Waals surface area contributed by atoms with Crippen molar-refractivity contribution in [3.05, 3.63) is 0 Å². The third kappa shape index (κ3) is 5.93. The first-order chi connectivity index (χ1) is 13.2. The molecular formula is C24H46O3. The van der Waals surface area contributed by atoms with Crippen molar-refractivity contribution in [1.82, 2.24) is 0 Å². The van der Waals surface area contributed by atoms with Gasteiger partial charge in [0.2, 0.25) is 0 Å². The van der Waals surface area contributed by atoms with Crippen molar-refractivity contribution >= 4 is 0 Å². The van der Waals surface area contributed by atoms with Crippen LogP contribution < -0.4 is 0 Å². The fourth-order valence-electron chi connectivity index (χ4n) is 4.71. The van der Waals surface area contributed by atoms with Gasteiger partial charge in [0.05, 0.1) is 38.6 Å². The summed E-state index contributed by atoms with van der Waals surface area (Å²) in [5, 5.41) is 0. The van der Waals surface area contributed by atoms with Crippen molar-refractivity contribution in [3.63, 3.8) is 0 Å². The van der Waals surface area contributed by atoms with Gasteiger partial charge in [-0.3, -0.25) is 0 Å². The summed E-state index contributed by atoms with van der Waals surface area (Å²) < 4.78 is 18.4. The van der Waals surface area contributed by atoms with Crippen LogP contribution in [-0.2, 0) is 14.2 Å². The van der Waals surface area contributed by atoms with Gasteiger partial charge in [0.25, 0.3) is 0 Å². The van der Waals surface area contributed by atoms with Crippen molar-refractivity contribution in [2.45, 2.75) is 117 Å². The van der Waals surface area contributed by atoms with Gasteiger partial charge in [-0.25, -0.2) is 0 Å². The second-order valence-electron chi connectivity index (χ2n) is 9.23. The normalized spacial score (nSPS) is 22.7. The second-order valence-corrected chi connectivity index (χ2v) is 9.23. The summed E-state index contributed by atoms with van der Waals surface area (Å²) in [6.07, 6.45) is 16.0. The highest BCUT2D eigenvalue weighted by molar-refractivity contribution is 4.97. The van der Waals surface area contributed by atoms with Crippen molar-refractivity contribution in [1.29, 1.82) is 0 Å². The second kappa shape index (κ2) is 11.8. The Morgan fingerprint density at radius 3 is 1.30 bits per heavy atom. The molecule has 2 rings (SSSR count). The Kier molecular flexibility index (Phi) is 10.1. The molecule has 2 fully saturated rings. The van der Waals surface area contributed by atoms with Gasteiger partial charge in [0.1, 0.15) is 0 Å². The average Bonchev–Trinajstić information content (AvgIpc) is 2.60. The van der Waals surface area contributed by atoms with Crippen LogP contribution >= 0.6 is 0 Å². The van der Waals surface area contributed by atoms with Crippen LogP contribution in [0.2, 0.25) is 0 Å². The molecule has 2 atom stereocenters. The Hall–Kier alpha value is -0.120. The Labute approximate surface area is 168 Å². The minimum atomic E-state index is 0.257. The average molecular weight is 383 g/mol. The van der Waals surface area contributed by atoms with Crippen LogP contribution in [0.1, 0.15) is 105 Å². The third-order valence-corrected chi connectivity index (χ3v) is 7.30. The molecule has 0 spiro atoms. The maximum absolute atomic E-state index is 7.05. The van der Waals surface area contributed by atoms with E-state index in [1.807, 2.05) is 0 Å². The van der Waals surface area contributed by atoms with Crippen LogP contribution in [0, 0.1) is 10.8 Å². The van der Waals surface area contributed by atoms with Crippen molar-refractivity contribution in [2.24, 2.45) is 10.8 Å². The summed E-state index contributed by atoms with van der Waals surface area (Å²) in [6.45, 7) is 12.8. The van der Waals surface area contributed by atoms with Crippen LogP contribution in [-0.4, -0.2) is 38.6 Å². The maximum Gasteiger partial charge on any atom is 0.0679 e. The molecule has 2 heterocycles. The van der Waals surface area contributed by atoms with Gasteiger partial charge in [-0.05, 0) is 25.7 Å². The number of unbranched alkanes of at least 4 members (excludes halogenated alkanes) is 6. The highest BCUT2D eigenvalue weighted by Gasteiger charge is 2.50. The quantitative estimate of drug-likeness (QED) is 0.284. The van der Waals surface area contributed by atoms with Gasteiger partial charge < -0.3 is 14.2 Å². The summed E-state index contributed by atoms with van der Waals surface area (Å²) in [5.41, 5.74) is 0.515. The van der Waals surface area contributed by atoms with Crippen molar-refractivity contribution in [2.75, 3.05) is 26.4 Å². The predicted molar refractivity (Wildman–Crippen MR) is 113 cm³/mol. The number of hydrogen-bond donors (Lipinski definition) is 0. The summed E-state index contributed by atoms with van der Waals surface area (Å²) in [5.74, 6) is 0. The van der Waals surface area contributed by atoms with E-state index in [-0.39, 0.29) is 10.8 Å². The molecule has 0 aromatic rings. The van der Waals surface area contributed by atoms with Crippen LogP contribution in [0.4, 0.5) is 0 Å². The van der Waals surface area contributed by atoms with E-state index in [1.54, 1.807) is 0 Å². The predicted octanol–water partition coefficient (Wildman–Crippen LogP) is 6.53. The fraction of sp³-hybridized carbons (Fsp3) is 1.00. The molecule has 3 heteroatoms. The fourth-order valence-corrected chi connectivity index (χ4v) is 4.71. The molecule has 0 aliphatic carbocycles. The van der Waals surface area contributed by atoms with Gasteiger partial charge in [-0.1, -0.05) is 79.1 Å². The molecule has 3 nitrogen and oxygen atoms in total. The Balaban J connectivity index is 2.03. The monoisotopic (exact) mass is 382 g/mol. The van der Waals surface area contributed by atoms with Crippen LogP contribution in [0.25, 0.3) is 0 Å². The van der Waals surface area contributed by atoms with E-state index in [9.17, 15) is 0 Å². The van der Waals surface area contributed by atoms with Crippen LogP contribution in [0.3, 0.4) is 0 Å². The molecule has 0 saturated carbocycles. The smallest absolute Gasteiger partial charge is 0.0679 e. The first-order valence-corrected chi connectivity index (χ1v) is 12.0.